The highest BCUT2D eigenvalue weighted by Gasteiger charge is 2.56. The van der Waals surface area contributed by atoms with E-state index in [9.17, 15) is 29.6 Å². The first-order valence-corrected chi connectivity index (χ1v) is 8.63. The minimum absolute atomic E-state index is 0. The number of fused-ring (bicyclic) bond motifs is 1. The number of benzene rings is 1. The van der Waals surface area contributed by atoms with Crippen molar-refractivity contribution in [2.75, 3.05) is 18.9 Å². The molecule has 2 aliphatic rings. The van der Waals surface area contributed by atoms with E-state index < -0.39 is 34.9 Å². The summed E-state index contributed by atoms with van der Waals surface area (Å²) in [6.07, 6.45) is 0. The minimum Gasteiger partial charge on any atom is -0.481 e. The van der Waals surface area contributed by atoms with E-state index in [1.807, 2.05) is 0 Å². The Morgan fingerprint density at radius 1 is 1.41 bits per heavy atom. The molecule has 2 unspecified atom stereocenters. The second-order valence-electron chi connectivity index (χ2n) is 6.16. The fraction of sp³-hybridized carbons (Fsp3) is 0.400. The van der Waals surface area contributed by atoms with Crippen LogP contribution in [0.1, 0.15) is 10.4 Å². The first kappa shape index (κ1) is 20.9. The summed E-state index contributed by atoms with van der Waals surface area (Å²) in [6, 6.07) is 4.15. The van der Waals surface area contributed by atoms with Gasteiger partial charge in [-0.25, -0.2) is 4.79 Å². The third-order valence-electron chi connectivity index (χ3n) is 4.43. The third kappa shape index (κ3) is 3.70. The fourth-order valence-electron chi connectivity index (χ4n) is 2.81. The number of nitro groups is 1. The zero-order valence-corrected chi connectivity index (χ0v) is 15.4. The molecular formula is C15H16ClN3O7S. The highest BCUT2D eigenvalue weighted by atomic mass is 35.5. The van der Waals surface area contributed by atoms with Crippen molar-refractivity contribution in [3.8, 4) is 0 Å². The molecule has 0 spiro atoms. The molecule has 1 amide bonds. The molecule has 27 heavy (non-hydrogen) atoms. The Kier molecular flexibility index (Phi) is 5.97. The molecule has 0 bridgehead atoms. The van der Waals surface area contributed by atoms with Crippen LogP contribution in [0, 0.1) is 15.5 Å². The van der Waals surface area contributed by atoms with Crippen LogP contribution in [0.15, 0.2) is 24.3 Å². The van der Waals surface area contributed by atoms with Crippen LogP contribution in [0.5, 0.6) is 0 Å². The van der Waals surface area contributed by atoms with Gasteiger partial charge in [0.15, 0.2) is 0 Å². The highest BCUT2D eigenvalue weighted by Crippen LogP contribution is 2.41. The maximum atomic E-state index is 12.1. The molecule has 146 valence electrons. The number of non-ortho nitro benzene ring substituents is 1. The van der Waals surface area contributed by atoms with Gasteiger partial charge in [-0.1, -0.05) is 0 Å². The molecule has 2 heterocycles. The molecule has 1 aromatic carbocycles. The standard InChI is InChI=1S/C15H15N3O7S.ClH/c16-10-11(19)17-5-15(14(21)22,7-26-12(10)17)6-25-13(20)8-1-3-9(4-2-8)18(23)24;/h1-4,10,12H,5-7,16H2,(H,21,22);1H/t10?,12-,15?;/m1./s1. The number of carboxylic acids is 1. The van der Waals surface area contributed by atoms with Crippen LogP contribution in [0.25, 0.3) is 0 Å². The molecule has 2 fully saturated rings. The van der Waals surface area contributed by atoms with E-state index in [-0.39, 0.29) is 47.2 Å². The number of carbonyl (C=O) groups is 3. The number of hydrogen-bond donors (Lipinski definition) is 2. The van der Waals surface area contributed by atoms with Crippen LogP contribution in [0.4, 0.5) is 5.69 Å². The van der Waals surface area contributed by atoms with E-state index in [0.29, 0.717) is 0 Å². The van der Waals surface area contributed by atoms with Crippen molar-refractivity contribution in [2.24, 2.45) is 11.1 Å². The molecule has 0 aromatic heterocycles. The first-order valence-electron chi connectivity index (χ1n) is 7.58. The minimum atomic E-state index is -1.42. The van der Waals surface area contributed by atoms with Crippen LogP contribution >= 0.6 is 24.2 Å². The highest BCUT2D eigenvalue weighted by molar-refractivity contribution is 8.00. The van der Waals surface area contributed by atoms with E-state index in [0.717, 1.165) is 12.1 Å². The Balaban J connectivity index is 0.00000261. The quantitative estimate of drug-likeness (QED) is 0.301. The Hall–Kier alpha value is -2.37. The molecule has 3 rings (SSSR count). The van der Waals surface area contributed by atoms with Gasteiger partial charge in [0.1, 0.15) is 23.4 Å². The molecule has 0 aliphatic carbocycles. The molecule has 1 aromatic rings. The summed E-state index contributed by atoms with van der Waals surface area (Å²) in [5.41, 5.74) is 4.15. The third-order valence-corrected chi connectivity index (χ3v) is 6.04. The maximum Gasteiger partial charge on any atom is 0.338 e. The average molecular weight is 418 g/mol. The van der Waals surface area contributed by atoms with Crippen molar-refractivity contribution in [3.05, 3.63) is 39.9 Å². The number of carboxylic acid groups (broad SMARTS) is 1. The molecule has 0 saturated carbocycles. The molecular weight excluding hydrogens is 402 g/mol. The number of halogens is 1. The number of ether oxygens (including phenoxy) is 1. The Labute approximate surface area is 163 Å². The first-order chi connectivity index (χ1) is 12.2. The Bertz CT molecular complexity index is 790. The van der Waals surface area contributed by atoms with Crippen molar-refractivity contribution >= 4 is 47.7 Å². The SMILES string of the molecule is Cl.NC1C(=O)N2CC(COC(=O)c3ccc([N+](=O)[O-])cc3)(C(=O)O)CS[C@H]12. The van der Waals surface area contributed by atoms with Gasteiger partial charge in [0, 0.05) is 24.4 Å². The van der Waals surface area contributed by atoms with Crippen molar-refractivity contribution in [1.82, 2.24) is 4.90 Å². The zero-order chi connectivity index (χ0) is 19.1. The van der Waals surface area contributed by atoms with Crippen LogP contribution in [-0.2, 0) is 14.3 Å². The second kappa shape index (κ2) is 7.71. The fourth-order valence-corrected chi connectivity index (χ4v) is 4.28. The van der Waals surface area contributed by atoms with E-state index in [2.05, 4.69) is 0 Å². The number of hydrogen-bond acceptors (Lipinski definition) is 8. The molecule has 3 atom stereocenters. The van der Waals surface area contributed by atoms with Crippen molar-refractivity contribution in [2.45, 2.75) is 11.4 Å². The lowest BCUT2D eigenvalue weighted by Crippen LogP contribution is -2.72. The van der Waals surface area contributed by atoms with Crippen molar-refractivity contribution < 1.29 is 29.2 Å². The van der Waals surface area contributed by atoms with E-state index >= 15 is 0 Å². The number of thioether (sulfide) groups is 1. The van der Waals surface area contributed by atoms with Gasteiger partial charge >= 0.3 is 11.9 Å². The molecule has 0 radical (unpaired) electrons. The van der Waals surface area contributed by atoms with Gasteiger partial charge in [-0.15, -0.1) is 24.2 Å². The van der Waals surface area contributed by atoms with Gasteiger partial charge in [-0.05, 0) is 12.1 Å². The molecule has 3 N–H and O–H groups in total. The van der Waals surface area contributed by atoms with Crippen molar-refractivity contribution in [1.29, 1.82) is 0 Å². The Morgan fingerprint density at radius 2 is 2.04 bits per heavy atom. The molecule has 12 heteroatoms. The summed E-state index contributed by atoms with van der Waals surface area (Å²) >= 11 is 1.25. The van der Waals surface area contributed by atoms with E-state index in [1.165, 1.54) is 28.8 Å². The number of nitro benzene ring substituents is 1. The second-order valence-corrected chi connectivity index (χ2v) is 7.26. The van der Waals surface area contributed by atoms with Gasteiger partial charge in [0.05, 0.1) is 10.5 Å². The molecule has 2 aliphatic heterocycles. The largest absolute Gasteiger partial charge is 0.481 e. The molecule has 10 nitrogen and oxygen atoms in total. The topological polar surface area (TPSA) is 153 Å². The van der Waals surface area contributed by atoms with Crippen LogP contribution in [0.2, 0.25) is 0 Å². The van der Waals surface area contributed by atoms with Crippen molar-refractivity contribution in [3.63, 3.8) is 0 Å². The number of aliphatic carboxylic acids is 1. The zero-order valence-electron chi connectivity index (χ0n) is 13.8. The van der Waals surface area contributed by atoms with Crippen LogP contribution in [-0.4, -0.2) is 63.1 Å². The van der Waals surface area contributed by atoms with Gasteiger partial charge in [-0.2, -0.15) is 0 Å². The summed E-state index contributed by atoms with van der Waals surface area (Å²) in [6.45, 7) is -0.503. The van der Waals surface area contributed by atoms with Crippen LogP contribution in [0.3, 0.4) is 0 Å². The number of β-lactam (4-membered cyclic amide) rings is 1. The molecule has 2 saturated heterocycles. The summed E-state index contributed by atoms with van der Waals surface area (Å²) in [4.78, 5) is 47.1. The van der Waals surface area contributed by atoms with Gasteiger partial charge < -0.3 is 20.5 Å². The lowest BCUT2D eigenvalue weighted by molar-refractivity contribution is -0.384. The predicted molar refractivity (Wildman–Crippen MR) is 96.6 cm³/mol. The number of esters is 1. The number of carbonyl (C=O) groups excluding carboxylic acids is 2. The van der Waals surface area contributed by atoms with E-state index in [4.69, 9.17) is 10.5 Å². The summed E-state index contributed by atoms with van der Waals surface area (Å²) in [5, 5.41) is 20.0. The summed E-state index contributed by atoms with van der Waals surface area (Å²) in [7, 11) is 0. The predicted octanol–water partition coefficient (Wildman–Crippen LogP) is 0.487. The van der Waals surface area contributed by atoms with E-state index in [1.54, 1.807) is 0 Å². The lowest BCUT2D eigenvalue weighted by atomic mass is 9.88. The smallest absolute Gasteiger partial charge is 0.338 e. The number of nitrogens with two attached hydrogens (primary N) is 1. The van der Waals surface area contributed by atoms with Gasteiger partial charge in [0.25, 0.3) is 5.69 Å². The van der Waals surface area contributed by atoms with Crippen LogP contribution < -0.4 is 5.73 Å². The Morgan fingerprint density at radius 3 is 2.59 bits per heavy atom. The maximum absolute atomic E-state index is 12.1. The van der Waals surface area contributed by atoms with Gasteiger partial charge in [0.2, 0.25) is 5.91 Å². The number of rotatable bonds is 5. The average Bonchev–Trinajstić information content (AvgIpc) is 2.65. The normalized spacial score (nSPS) is 26.3. The lowest BCUT2D eigenvalue weighted by Gasteiger charge is -2.52. The summed E-state index contributed by atoms with van der Waals surface area (Å²) in [5.74, 6) is -2.14. The summed E-state index contributed by atoms with van der Waals surface area (Å²) < 4.78 is 5.13. The van der Waals surface area contributed by atoms with Gasteiger partial charge in [-0.3, -0.25) is 19.7 Å². The monoisotopic (exact) mass is 417 g/mol. The number of nitrogens with zero attached hydrogens (tertiary/aromatic N) is 2. The number of amides is 1.